The van der Waals surface area contributed by atoms with E-state index in [4.69, 9.17) is 0 Å². The zero-order valence-electron chi connectivity index (χ0n) is 9.05. The van der Waals surface area contributed by atoms with E-state index in [9.17, 15) is 4.79 Å². The minimum Gasteiger partial charge on any atom is -0.298 e. The van der Waals surface area contributed by atoms with E-state index in [1.807, 2.05) is 0 Å². The van der Waals surface area contributed by atoms with E-state index in [0.29, 0.717) is 11.8 Å². The van der Waals surface area contributed by atoms with Gasteiger partial charge in [0.15, 0.2) is 0 Å². The molecule has 0 saturated heterocycles. The largest absolute Gasteiger partial charge is 0.298 e. The average molecular weight is 183 g/mol. The molecule has 0 heterocycles. The molecule has 2 heteroatoms. The van der Waals surface area contributed by atoms with Crippen molar-refractivity contribution in [1.29, 1.82) is 0 Å². The van der Waals surface area contributed by atoms with Gasteiger partial charge in [0.1, 0.15) is 5.78 Å². The van der Waals surface area contributed by atoms with Gasteiger partial charge < -0.3 is 0 Å². The van der Waals surface area contributed by atoms with Crippen molar-refractivity contribution in [2.45, 2.75) is 58.5 Å². The summed E-state index contributed by atoms with van der Waals surface area (Å²) in [6, 6.07) is 0.743. The molecule has 1 aliphatic carbocycles. The summed E-state index contributed by atoms with van der Waals surface area (Å²) >= 11 is 0. The fraction of sp³-hybridized carbons (Fsp3) is 0.909. The summed E-state index contributed by atoms with van der Waals surface area (Å²) < 4.78 is 0. The Hall–Kier alpha value is -0.370. The molecule has 1 unspecified atom stereocenters. The highest BCUT2D eigenvalue weighted by Gasteiger charge is 2.30. The number of Topliss-reactive ketones (excluding diaryl/α,β-unsaturated/α-hetero) is 1. The molecule has 0 amide bonds. The average Bonchev–Trinajstić information content (AvgIpc) is 2.47. The number of rotatable bonds is 4. The Morgan fingerprint density at radius 3 is 2.62 bits per heavy atom. The molecule has 0 N–H and O–H groups in total. The maximum absolute atomic E-state index is 11.6. The van der Waals surface area contributed by atoms with E-state index in [2.05, 4.69) is 25.7 Å². The van der Waals surface area contributed by atoms with Crippen molar-refractivity contribution in [1.82, 2.24) is 4.90 Å². The molecule has 0 aromatic carbocycles. The maximum atomic E-state index is 11.6. The highest BCUT2D eigenvalue weighted by Crippen LogP contribution is 2.22. The van der Waals surface area contributed by atoms with Crippen LogP contribution in [0.15, 0.2) is 0 Å². The Morgan fingerprint density at radius 1 is 1.54 bits per heavy atom. The molecule has 1 fully saturated rings. The van der Waals surface area contributed by atoms with Crippen molar-refractivity contribution in [3.05, 3.63) is 0 Å². The van der Waals surface area contributed by atoms with Crippen molar-refractivity contribution < 1.29 is 4.79 Å². The molecule has 0 aromatic heterocycles. The van der Waals surface area contributed by atoms with Crippen LogP contribution >= 0.6 is 0 Å². The van der Waals surface area contributed by atoms with Crippen LogP contribution in [0, 0.1) is 0 Å². The second-order valence-corrected chi connectivity index (χ2v) is 4.21. The lowest BCUT2D eigenvalue weighted by Crippen LogP contribution is -2.43. The van der Waals surface area contributed by atoms with Crippen LogP contribution in [-0.4, -0.2) is 29.3 Å². The predicted molar refractivity (Wildman–Crippen MR) is 54.8 cm³/mol. The third kappa shape index (κ3) is 2.53. The van der Waals surface area contributed by atoms with E-state index >= 15 is 0 Å². The van der Waals surface area contributed by atoms with Gasteiger partial charge in [0.05, 0.1) is 6.04 Å². The van der Waals surface area contributed by atoms with Gasteiger partial charge in [-0.3, -0.25) is 9.69 Å². The van der Waals surface area contributed by atoms with Crippen molar-refractivity contribution in [2.24, 2.45) is 0 Å². The van der Waals surface area contributed by atoms with Gasteiger partial charge in [0, 0.05) is 12.5 Å². The number of hydrogen-bond acceptors (Lipinski definition) is 2. The SMILES string of the molecule is CCCN(C(C)C)C1CCCC1=O. The molecule has 0 radical (unpaired) electrons. The molecule has 1 aliphatic rings. The van der Waals surface area contributed by atoms with Crippen LogP contribution in [0.2, 0.25) is 0 Å². The fourth-order valence-corrected chi connectivity index (χ4v) is 2.18. The molecule has 13 heavy (non-hydrogen) atoms. The van der Waals surface area contributed by atoms with Crippen LogP contribution in [0.4, 0.5) is 0 Å². The van der Waals surface area contributed by atoms with Gasteiger partial charge in [-0.15, -0.1) is 0 Å². The van der Waals surface area contributed by atoms with Gasteiger partial charge in [0.2, 0.25) is 0 Å². The fourth-order valence-electron chi connectivity index (χ4n) is 2.18. The van der Waals surface area contributed by atoms with E-state index in [-0.39, 0.29) is 6.04 Å². The summed E-state index contributed by atoms with van der Waals surface area (Å²) in [6.07, 6.45) is 4.12. The van der Waals surface area contributed by atoms with E-state index in [0.717, 1.165) is 32.2 Å². The van der Waals surface area contributed by atoms with Crippen LogP contribution in [0.5, 0.6) is 0 Å². The van der Waals surface area contributed by atoms with Gasteiger partial charge in [-0.2, -0.15) is 0 Å². The highest BCUT2D eigenvalue weighted by atomic mass is 16.1. The predicted octanol–water partition coefficient (Wildman–Crippen LogP) is 2.23. The third-order valence-corrected chi connectivity index (χ3v) is 2.82. The number of hydrogen-bond donors (Lipinski definition) is 0. The number of carbonyl (C=O) groups is 1. The van der Waals surface area contributed by atoms with Crippen molar-refractivity contribution in [3.8, 4) is 0 Å². The first kappa shape index (κ1) is 10.7. The Morgan fingerprint density at radius 2 is 2.23 bits per heavy atom. The number of nitrogens with zero attached hydrogens (tertiary/aromatic N) is 1. The summed E-state index contributed by atoms with van der Waals surface area (Å²) in [6.45, 7) is 7.60. The van der Waals surface area contributed by atoms with Gasteiger partial charge in [0.25, 0.3) is 0 Å². The van der Waals surface area contributed by atoms with Gasteiger partial charge in [-0.05, 0) is 39.7 Å². The Kier molecular flexibility index (Phi) is 3.91. The van der Waals surface area contributed by atoms with Crippen LogP contribution < -0.4 is 0 Å². The Labute approximate surface area is 81.3 Å². The highest BCUT2D eigenvalue weighted by molar-refractivity contribution is 5.85. The first-order valence-electron chi connectivity index (χ1n) is 5.45. The molecule has 1 atom stereocenters. The quantitative estimate of drug-likeness (QED) is 0.666. The first-order valence-corrected chi connectivity index (χ1v) is 5.45. The Balaban J connectivity index is 2.57. The standard InChI is InChI=1S/C11H21NO/c1-4-8-12(9(2)3)10-6-5-7-11(10)13/h9-10H,4-8H2,1-3H3. The van der Waals surface area contributed by atoms with Gasteiger partial charge in [-0.25, -0.2) is 0 Å². The van der Waals surface area contributed by atoms with Gasteiger partial charge in [-0.1, -0.05) is 6.92 Å². The second kappa shape index (κ2) is 4.75. The molecule has 1 rings (SSSR count). The lowest BCUT2D eigenvalue weighted by molar-refractivity contribution is -0.122. The normalized spacial score (nSPS) is 23.5. The summed E-state index contributed by atoms with van der Waals surface area (Å²) in [5.41, 5.74) is 0. The van der Waals surface area contributed by atoms with Crippen LogP contribution in [0.3, 0.4) is 0 Å². The lowest BCUT2D eigenvalue weighted by Gasteiger charge is -2.31. The van der Waals surface area contributed by atoms with Crippen LogP contribution in [0.25, 0.3) is 0 Å². The molecule has 0 spiro atoms. The molecular weight excluding hydrogens is 162 g/mol. The third-order valence-electron chi connectivity index (χ3n) is 2.82. The maximum Gasteiger partial charge on any atom is 0.149 e. The summed E-state index contributed by atoms with van der Waals surface area (Å²) in [5, 5.41) is 0. The Bertz CT molecular complexity index is 177. The lowest BCUT2D eigenvalue weighted by atomic mass is 10.1. The van der Waals surface area contributed by atoms with Crippen LogP contribution in [0.1, 0.15) is 46.5 Å². The van der Waals surface area contributed by atoms with Crippen molar-refractivity contribution >= 4 is 5.78 Å². The van der Waals surface area contributed by atoms with Crippen LogP contribution in [-0.2, 0) is 4.79 Å². The minimum absolute atomic E-state index is 0.236. The summed E-state index contributed by atoms with van der Waals surface area (Å²) in [7, 11) is 0. The zero-order valence-corrected chi connectivity index (χ0v) is 9.05. The molecular formula is C11H21NO. The molecule has 0 bridgehead atoms. The topological polar surface area (TPSA) is 20.3 Å². The zero-order chi connectivity index (χ0) is 9.84. The molecule has 1 saturated carbocycles. The monoisotopic (exact) mass is 183 g/mol. The number of ketones is 1. The molecule has 2 nitrogen and oxygen atoms in total. The van der Waals surface area contributed by atoms with Crippen molar-refractivity contribution in [2.75, 3.05) is 6.54 Å². The molecule has 0 aromatic rings. The van der Waals surface area contributed by atoms with E-state index < -0.39 is 0 Å². The summed E-state index contributed by atoms with van der Waals surface area (Å²) in [4.78, 5) is 13.9. The number of carbonyl (C=O) groups excluding carboxylic acids is 1. The smallest absolute Gasteiger partial charge is 0.149 e. The molecule has 0 aliphatic heterocycles. The summed E-state index contributed by atoms with van der Waals surface area (Å²) in [5.74, 6) is 0.460. The van der Waals surface area contributed by atoms with E-state index in [1.165, 1.54) is 0 Å². The van der Waals surface area contributed by atoms with Gasteiger partial charge >= 0.3 is 0 Å². The van der Waals surface area contributed by atoms with Crippen molar-refractivity contribution in [3.63, 3.8) is 0 Å². The van der Waals surface area contributed by atoms with E-state index in [1.54, 1.807) is 0 Å². The first-order chi connectivity index (χ1) is 6.16. The minimum atomic E-state index is 0.236. The molecule has 76 valence electrons. The second-order valence-electron chi connectivity index (χ2n) is 4.21.